The van der Waals surface area contributed by atoms with E-state index in [4.69, 9.17) is 4.74 Å². The number of ketones is 1. The van der Waals surface area contributed by atoms with Crippen LogP contribution in [0.1, 0.15) is 56.6 Å². The summed E-state index contributed by atoms with van der Waals surface area (Å²) in [5, 5.41) is 20.7. The number of aromatic hydroxyl groups is 1. The molecule has 2 aromatic rings. The Morgan fingerprint density at radius 2 is 2.15 bits per heavy atom. The molecule has 1 aromatic heterocycles. The monoisotopic (exact) mass is 507 g/mol. The summed E-state index contributed by atoms with van der Waals surface area (Å²) in [6, 6.07) is 9.49. The highest BCUT2D eigenvalue weighted by molar-refractivity contribution is 9.10. The number of phenolic OH excluding ortho intramolecular Hbond substituents is 1. The third kappa shape index (κ3) is 4.72. The van der Waals surface area contributed by atoms with Crippen LogP contribution in [0.15, 0.2) is 57.4 Å². The molecule has 1 aromatic carbocycles. The van der Waals surface area contributed by atoms with Gasteiger partial charge < -0.3 is 9.84 Å². The molecule has 3 atom stereocenters. The Morgan fingerprint density at radius 3 is 2.82 bits per heavy atom. The van der Waals surface area contributed by atoms with Crippen molar-refractivity contribution in [3.63, 3.8) is 0 Å². The lowest BCUT2D eigenvalue weighted by Crippen LogP contribution is -2.32. The summed E-state index contributed by atoms with van der Waals surface area (Å²) in [6.45, 7) is 4.22. The van der Waals surface area contributed by atoms with Crippen LogP contribution in [0.2, 0.25) is 0 Å². The second-order valence-corrected chi connectivity index (χ2v) is 9.54. The van der Waals surface area contributed by atoms with Gasteiger partial charge in [-0.15, -0.1) is 0 Å². The number of Topliss-reactive ketones (excluding diaryl/α,β-unsaturated/α-hetero) is 1. The largest absolute Gasteiger partial charge is 0.504 e. The number of carbonyl (C=O) groups is 1. The summed E-state index contributed by atoms with van der Waals surface area (Å²) >= 11 is 3.51. The maximum atomic E-state index is 13.2. The highest BCUT2D eigenvalue weighted by Gasteiger charge is 2.41. The first kappa shape index (κ1) is 23.2. The minimum Gasteiger partial charge on any atom is -0.504 e. The molecule has 170 valence electrons. The zero-order valence-corrected chi connectivity index (χ0v) is 20.3. The summed E-state index contributed by atoms with van der Waals surface area (Å²) in [5.41, 5.74) is 3.70. The molecule has 2 heterocycles. The van der Waals surface area contributed by atoms with Crippen LogP contribution in [0.3, 0.4) is 0 Å². The van der Waals surface area contributed by atoms with Crippen LogP contribution in [0.5, 0.6) is 11.5 Å². The molecule has 0 fully saturated rings. The van der Waals surface area contributed by atoms with E-state index >= 15 is 0 Å². The second-order valence-electron chi connectivity index (χ2n) is 8.69. The lowest BCUT2D eigenvalue weighted by molar-refractivity contribution is -0.117. The molecule has 0 saturated carbocycles. The molecule has 0 saturated heterocycles. The molecule has 1 aliphatic carbocycles. The second kappa shape index (κ2) is 9.88. The van der Waals surface area contributed by atoms with Gasteiger partial charge in [-0.2, -0.15) is 5.26 Å². The number of nitriles is 1. The fourth-order valence-electron chi connectivity index (χ4n) is 4.84. The van der Waals surface area contributed by atoms with Crippen molar-refractivity contribution >= 4 is 27.4 Å². The highest BCUT2D eigenvalue weighted by atomic mass is 79.9. The van der Waals surface area contributed by atoms with Crippen LogP contribution in [-0.2, 0) is 11.4 Å². The van der Waals surface area contributed by atoms with Crippen molar-refractivity contribution in [2.24, 2.45) is 16.8 Å². The number of allylic oxidation sites excluding steroid dienone is 2. The fraction of sp³-hybridized carbons (Fsp3) is 0.385. The number of carbonyl (C=O) groups excluding carboxylic acids is 1. The van der Waals surface area contributed by atoms with Crippen molar-refractivity contribution in [3.05, 3.63) is 63.5 Å². The summed E-state index contributed by atoms with van der Waals surface area (Å²) in [7, 11) is 0. The molecule has 0 bridgehead atoms. The average Bonchev–Trinajstić information content (AvgIpc) is 2.78. The Bertz CT molecular complexity index is 1140. The van der Waals surface area contributed by atoms with Crippen LogP contribution in [0.25, 0.3) is 0 Å². The third-order valence-corrected chi connectivity index (χ3v) is 6.91. The van der Waals surface area contributed by atoms with Gasteiger partial charge in [0.25, 0.3) is 0 Å². The van der Waals surface area contributed by atoms with E-state index in [1.54, 1.807) is 18.5 Å². The van der Waals surface area contributed by atoms with Crippen LogP contribution in [0, 0.1) is 23.2 Å². The molecular weight excluding hydrogens is 482 g/mol. The maximum absolute atomic E-state index is 13.2. The fourth-order valence-corrected chi connectivity index (χ4v) is 5.42. The predicted octanol–water partition coefficient (Wildman–Crippen LogP) is 5.86. The lowest BCUT2D eigenvalue weighted by Gasteiger charge is -2.35. The van der Waals surface area contributed by atoms with Crippen molar-refractivity contribution in [2.75, 3.05) is 0 Å². The van der Waals surface area contributed by atoms with E-state index in [1.165, 1.54) is 0 Å². The molecule has 0 spiro atoms. The van der Waals surface area contributed by atoms with Crippen molar-refractivity contribution in [3.8, 4) is 17.6 Å². The van der Waals surface area contributed by atoms with E-state index in [9.17, 15) is 15.2 Å². The molecule has 7 heteroatoms. The number of hydrogen-bond acceptors (Lipinski definition) is 6. The van der Waals surface area contributed by atoms with Gasteiger partial charge in [-0.3, -0.25) is 14.8 Å². The van der Waals surface area contributed by atoms with Gasteiger partial charge in [0.05, 0.1) is 16.5 Å². The number of halogens is 1. The molecule has 4 rings (SSSR count). The van der Waals surface area contributed by atoms with E-state index in [0.717, 1.165) is 30.5 Å². The van der Waals surface area contributed by atoms with Crippen LogP contribution in [0.4, 0.5) is 0 Å². The van der Waals surface area contributed by atoms with Gasteiger partial charge in [0, 0.05) is 47.3 Å². The molecule has 0 amide bonds. The van der Waals surface area contributed by atoms with Crippen molar-refractivity contribution in [1.82, 2.24) is 4.98 Å². The first-order chi connectivity index (χ1) is 15.9. The topological polar surface area (TPSA) is 95.6 Å². The van der Waals surface area contributed by atoms with E-state index in [0.29, 0.717) is 39.4 Å². The molecule has 2 aliphatic rings. The minimum atomic E-state index is -0.566. The number of pyridine rings is 1. The Labute approximate surface area is 202 Å². The quantitative estimate of drug-likeness (QED) is 0.528. The maximum Gasteiger partial charge on any atom is 0.175 e. The molecule has 1 aliphatic heterocycles. The molecule has 3 unspecified atom stereocenters. The molecule has 1 N–H and O–H groups in total. The van der Waals surface area contributed by atoms with Crippen molar-refractivity contribution < 1.29 is 14.6 Å². The molecular formula is C26H26BrN3O3. The summed E-state index contributed by atoms with van der Waals surface area (Å²) < 4.78 is 6.40. The zero-order valence-electron chi connectivity index (χ0n) is 18.7. The van der Waals surface area contributed by atoms with Crippen LogP contribution < -0.4 is 4.74 Å². The molecule has 33 heavy (non-hydrogen) atoms. The highest BCUT2D eigenvalue weighted by Crippen LogP contribution is 2.47. The number of aliphatic imine (C=N–C) groups is 1. The lowest BCUT2D eigenvalue weighted by atomic mass is 9.70. The van der Waals surface area contributed by atoms with E-state index in [2.05, 4.69) is 38.9 Å². The molecule has 0 radical (unpaired) electrons. The average molecular weight is 508 g/mol. The van der Waals surface area contributed by atoms with E-state index in [-0.39, 0.29) is 18.1 Å². The van der Waals surface area contributed by atoms with E-state index < -0.39 is 11.8 Å². The Hall–Kier alpha value is -2.98. The minimum absolute atomic E-state index is 0.0469. The number of phenols is 1. The number of aromatic nitrogens is 1. The van der Waals surface area contributed by atoms with Gasteiger partial charge in [0.2, 0.25) is 0 Å². The third-order valence-electron chi connectivity index (χ3n) is 6.32. The van der Waals surface area contributed by atoms with Gasteiger partial charge >= 0.3 is 0 Å². The smallest absolute Gasteiger partial charge is 0.175 e. The van der Waals surface area contributed by atoms with Gasteiger partial charge in [0.15, 0.2) is 17.3 Å². The summed E-state index contributed by atoms with van der Waals surface area (Å²) in [4.78, 5) is 22.0. The van der Waals surface area contributed by atoms with Gasteiger partial charge in [-0.05, 0) is 65.4 Å². The normalized spacial score (nSPS) is 22.4. The van der Waals surface area contributed by atoms with Gasteiger partial charge in [0.1, 0.15) is 6.61 Å². The van der Waals surface area contributed by atoms with Crippen LogP contribution in [-0.4, -0.2) is 21.6 Å². The van der Waals surface area contributed by atoms with Gasteiger partial charge in [-0.1, -0.05) is 19.4 Å². The zero-order chi connectivity index (χ0) is 23.5. The predicted molar refractivity (Wildman–Crippen MR) is 129 cm³/mol. The molecule has 6 nitrogen and oxygen atoms in total. The first-order valence-corrected chi connectivity index (χ1v) is 12.0. The summed E-state index contributed by atoms with van der Waals surface area (Å²) in [5.74, 6) is -0.417. The Kier molecular flexibility index (Phi) is 6.94. The summed E-state index contributed by atoms with van der Waals surface area (Å²) in [6.07, 6.45) is 6.63. The number of rotatable bonds is 6. The Balaban J connectivity index is 1.69. The van der Waals surface area contributed by atoms with E-state index in [1.807, 2.05) is 25.1 Å². The number of nitrogens with zero attached hydrogens (tertiary/aromatic N) is 3. The SMILES string of the molecule is CCCC1CC(=O)C2=C(C1)N=C(C)C(C#N)C2c1cc(O)c(OCc2cccnc2)c(Br)c1. The van der Waals surface area contributed by atoms with Crippen LogP contribution >= 0.6 is 15.9 Å². The number of hydrogen-bond donors (Lipinski definition) is 1. The Morgan fingerprint density at radius 1 is 1.33 bits per heavy atom. The van der Waals surface area contributed by atoms with Crippen molar-refractivity contribution in [2.45, 2.75) is 52.1 Å². The standard InChI is InChI=1S/C26H26BrN3O3/c1-3-5-16-8-21-25(22(31)9-16)24(19(12-28)15(2)30-21)18-10-20(27)26(23(32)11-18)33-14-17-6-4-7-29-13-17/h4,6-7,10-11,13,16,19,24,32H,3,5,8-9,14H2,1-2H3. The number of benzene rings is 1. The number of ether oxygens (including phenoxy) is 1. The van der Waals surface area contributed by atoms with Crippen molar-refractivity contribution in [1.29, 1.82) is 5.26 Å². The van der Waals surface area contributed by atoms with Gasteiger partial charge in [-0.25, -0.2) is 0 Å². The first-order valence-electron chi connectivity index (χ1n) is 11.2.